The molecule has 1 aliphatic heterocycles. The van der Waals surface area contributed by atoms with E-state index in [2.05, 4.69) is 12.2 Å². The minimum atomic E-state index is -0.443. The third-order valence-electron chi connectivity index (χ3n) is 4.75. The number of nitrogens with zero attached hydrogens (tertiary/aromatic N) is 1. The molecule has 4 nitrogen and oxygen atoms in total. The topological polar surface area (TPSA) is 41.6 Å². The van der Waals surface area contributed by atoms with Crippen molar-refractivity contribution in [2.75, 3.05) is 13.1 Å². The van der Waals surface area contributed by atoms with Crippen molar-refractivity contribution < 1.29 is 13.9 Å². The molecular formula is C19H27FN2O2. The zero-order chi connectivity index (χ0) is 17.5. The van der Waals surface area contributed by atoms with Gasteiger partial charge in [-0.2, -0.15) is 0 Å². The van der Waals surface area contributed by atoms with Crippen LogP contribution in [0.3, 0.4) is 0 Å². The summed E-state index contributed by atoms with van der Waals surface area (Å²) in [6.07, 6.45) is 0.602. The number of amides is 1. The molecule has 1 aromatic rings. The van der Waals surface area contributed by atoms with E-state index in [-0.39, 0.29) is 18.0 Å². The predicted octanol–water partition coefficient (Wildman–Crippen LogP) is 3.21. The molecule has 1 aromatic carbocycles. The number of benzene rings is 1. The van der Waals surface area contributed by atoms with Crippen LogP contribution in [0, 0.1) is 17.7 Å². The molecule has 1 amide bonds. The highest BCUT2D eigenvalue weighted by molar-refractivity contribution is 5.69. The lowest BCUT2D eigenvalue weighted by Gasteiger charge is -2.26. The van der Waals surface area contributed by atoms with Crippen molar-refractivity contribution >= 4 is 6.09 Å². The molecule has 5 heteroatoms. The van der Waals surface area contributed by atoms with Crippen molar-refractivity contribution in [2.45, 2.75) is 51.8 Å². The summed E-state index contributed by atoms with van der Waals surface area (Å²) in [5.41, 5.74) is 0.567. The second kappa shape index (κ2) is 6.36. The van der Waals surface area contributed by atoms with Crippen LogP contribution in [0.4, 0.5) is 9.18 Å². The van der Waals surface area contributed by atoms with E-state index < -0.39 is 5.60 Å². The highest BCUT2D eigenvalue weighted by Crippen LogP contribution is 2.46. The standard InChI is InChI=1S/C19H27FN2O2/c1-12(8-13-6-5-7-14(20)9-13)21-17-15-10-22(11-16(15)17)18(23)24-19(2,3)4/h5-7,9,12,15-17,21H,8,10-11H2,1-4H3. The Kier molecular flexibility index (Phi) is 4.56. The molecule has 1 aliphatic carbocycles. The lowest BCUT2D eigenvalue weighted by Crippen LogP contribution is -2.41. The number of nitrogens with one attached hydrogen (secondary N) is 1. The fourth-order valence-electron chi connectivity index (χ4n) is 3.65. The third kappa shape index (κ3) is 4.07. The van der Waals surface area contributed by atoms with Gasteiger partial charge in [-0.15, -0.1) is 0 Å². The van der Waals surface area contributed by atoms with Crippen LogP contribution in [0.25, 0.3) is 0 Å². The van der Waals surface area contributed by atoms with Crippen LogP contribution >= 0.6 is 0 Å². The molecular weight excluding hydrogens is 307 g/mol. The summed E-state index contributed by atoms with van der Waals surface area (Å²) >= 11 is 0. The Balaban J connectivity index is 1.44. The van der Waals surface area contributed by atoms with Crippen molar-refractivity contribution in [2.24, 2.45) is 11.8 Å². The fourth-order valence-corrected chi connectivity index (χ4v) is 3.65. The van der Waals surface area contributed by atoms with Crippen molar-refractivity contribution in [3.05, 3.63) is 35.6 Å². The minimum Gasteiger partial charge on any atom is -0.444 e. The van der Waals surface area contributed by atoms with E-state index in [1.54, 1.807) is 12.1 Å². The summed E-state index contributed by atoms with van der Waals surface area (Å²) in [5.74, 6) is 0.857. The van der Waals surface area contributed by atoms with Gasteiger partial charge in [0, 0.05) is 25.2 Å². The lowest BCUT2D eigenvalue weighted by molar-refractivity contribution is 0.0269. The van der Waals surface area contributed by atoms with Gasteiger partial charge in [0.25, 0.3) is 0 Å². The Hall–Kier alpha value is -1.62. The summed E-state index contributed by atoms with van der Waals surface area (Å²) in [7, 11) is 0. The number of rotatable bonds is 4. The van der Waals surface area contributed by atoms with E-state index in [4.69, 9.17) is 4.74 Å². The van der Waals surface area contributed by atoms with Crippen LogP contribution in [0.1, 0.15) is 33.3 Å². The maximum absolute atomic E-state index is 13.2. The van der Waals surface area contributed by atoms with E-state index in [0.717, 1.165) is 25.1 Å². The highest BCUT2D eigenvalue weighted by atomic mass is 19.1. The number of likely N-dealkylation sites (tertiary alicyclic amines) is 1. The largest absolute Gasteiger partial charge is 0.444 e. The first-order valence-electron chi connectivity index (χ1n) is 8.71. The van der Waals surface area contributed by atoms with E-state index in [1.807, 2.05) is 31.7 Å². The smallest absolute Gasteiger partial charge is 0.410 e. The number of carbonyl (C=O) groups excluding carboxylic acids is 1. The zero-order valence-electron chi connectivity index (χ0n) is 14.9. The van der Waals surface area contributed by atoms with Crippen LogP contribution in [-0.4, -0.2) is 41.8 Å². The molecule has 1 N–H and O–H groups in total. The molecule has 132 valence electrons. The molecule has 1 saturated carbocycles. The molecule has 0 aromatic heterocycles. The maximum atomic E-state index is 13.2. The summed E-state index contributed by atoms with van der Waals surface area (Å²) < 4.78 is 18.7. The van der Waals surface area contributed by atoms with E-state index >= 15 is 0 Å². The molecule has 3 unspecified atom stereocenters. The predicted molar refractivity (Wildman–Crippen MR) is 91.3 cm³/mol. The zero-order valence-corrected chi connectivity index (χ0v) is 14.9. The molecule has 24 heavy (non-hydrogen) atoms. The van der Waals surface area contributed by atoms with Gasteiger partial charge >= 0.3 is 6.09 Å². The lowest BCUT2D eigenvalue weighted by atomic mass is 10.1. The number of hydrogen-bond acceptors (Lipinski definition) is 3. The summed E-state index contributed by atoms with van der Waals surface area (Å²) in [6.45, 7) is 9.33. The first kappa shape index (κ1) is 17.2. The quantitative estimate of drug-likeness (QED) is 0.919. The second-order valence-electron chi connectivity index (χ2n) is 8.14. The van der Waals surface area contributed by atoms with Gasteiger partial charge in [0.1, 0.15) is 11.4 Å². The molecule has 1 saturated heterocycles. The Morgan fingerprint density at radius 1 is 1.38 bits per heavy atom. The van der Waals surface area contributed by atoms with Gasteiger partial charge in [0.15, 0.2) is 0 Å². The number of halogens is 1. The number of piperidine rings is 1. The van der Waals surface area contributed by atoms with Gasteiger partial charge in [-0.3, -0.25) is 0 Å². The van der Waals surface area contributed by atoms with Gasteiger partial charge in [0.2, 0.25) is 0 Å². The van der Waals surface area contributed by atoms with Crippen LogP contribution in [0.15, 0.2) is 24.3 Å². The molecule has 2 fully saturated rings. The molecule has 1 heterocycles. The van der Waals surface area contributed by atoms with Gasteiger partial charge in [-0.25, -0.2) is 9.18 Å². The normalized spacial score (nSPS) is 26.9. The fraction of sp³-hybridized carbons (Fsp3) is 0.632. The van der Waals surface area contributed by atoms with E-state index in [9.17, 15) is 9.18 Å². The molecule has 3 atom stereocenters. The van der Waals surface area contributed by atoms with Crippen LogP contribution in [-0.2, 0) is 11.2 Å². The Morgan fingerprint density at radius 3 is 2.62 bits per heavy atom. The van der Waals surface area contributed by atoms with Crippen LogP contribution in [0.2, 0.25) is 0 Å². The van der Waals surface area contributed by atoms with Crippen molar-refractivity contribution in [3.8, 4) is 0 Å². The molecule has 3 rings (SSSR count). The third-order valence-corrected chi connectivity index (χ3v) is 4.75. The average molecular weight is 334 g/mol. The summed E-state index contributed by atoms with van der Waals surface area (Å²) in [6, 6.07) is 7.53. The summed E-state index contributed by atoms with van der Waals surface area (Å²) in [5, 5.41) is 3.63. The first-order valence-corrected chi connectivity index (χ1v) is 8.71. The SMILES string of the molecule is CC(Cc1cccc(F)c1)NC1C2CN(C(=O)OC(C)(C)C)CC21. The first-order chi connectivity index (χ1) is 11.2. The molecule has 0 radical (unpaired) electrons. The maximum Gasteiger partial charge on any atom is 0.410 e. The molecule has 2 aliphatic rings. The summed E-state index contributed by atoms with van der Waals surface area (Å²) in [4.78, 5) is 13.9. The number of fused-ring (bicyclic) bond motifs is 1. The van der Waals surface area contributed by atoms with Crippen molar-refractivity contribution in [1.29, 1.82) is 0 Å². The second-order valence-corrected chi connectivity index (χ2v) is 8.14. The Labute approximate surface area is 143 Å². The van der Waals surface area contributed by atoms with Crippen molar-refractivity contribution in [3.63, 3.8) is 0 Å². The number of carbonyl (C=O) groups is 1. The Bertz CT molecular complexity index is 602. The molecule has 0 spiro atoms. The van der Waals surface area contributed by atoms with E-state index in [1.165, 1.54) is 6.07 Å². The number of hydrogen-bond donors (Lipinski definition) is 1. The van der Waals surface area contributed by atoms with E-state index in [0.29, 0.717) is 17.9 Å². The van der Waals surface area contributed by atoms with Crippen LogP contribution in [0.5, 0.6) is 0 Å². The van der Waals surface area contributed by atoms with Gasteiger partial charge in [-0.05, 0) is 63.6 Å². The van der Waals surface area contributed by atoms with Crippen LogP contribution < -0.4 is 5.32 Å². The monoisotopic (exact) mass is 334 g/mol. The highest BCUT2D eigenvalue weighted by Gasteiger charge is 2.57. The Morgan fingerprint density at radius 2 is 2.04 bits per heavy atom. The van der Waals surface area contributed by atoms with Crippen molar-refractivity contribution in [1.82, 2.24) is 10.2 Å². The average Bonchev–Trinajstić information content (AvgIpc) is 2.90. The molecule has 0 bridgehead atoms. The van der Waals surface area contributed by atoms with Gasteiger partial charge in [-0.1, -0.05) is 12.1 Å². The van der Waals surface area contributed by atoms with Gasteiger partial charge in [0.05, 0.1) is 0 Å². The van der Waals surface area contributed by atoms with Gasteiger partial charge < -0.3 is 15.0 Å². The number of ether oxygens (including phenoxy) is 1. The minimum absolute atomic E-state index is 0.184.